The lowest BCUT2D eigenvalue weighted by Crippen LogP contribution is -2.26. The predicted molar refractivity (Wildman–Crippen MR) is 95.4 cm³/mol. The first-order valence-electron chi connectivity index (χ1n) is 9.74. The molecule has 0 heterocycles. The van der Waals surface area contributed by atoms with Gasteiger partial charge < -0.3 is 14.6 Å². The lowest BCUT2D eigenvalue weighted by atomic mass is 9.97. The number of hydrogen-bond acceptors (Lipinski definition) is 3. The van der Waals surface area contributed by atoms with Crippen LogP contribution in [0.1, 0.15) is 43.2 Å². The summed E-state index contributed by atoms with van der Waals surface area (Å²) in [5, 5.41) is 8.56. The van der Waals surface area contributed by atoms with Crippen LogP contribution < -0.4 is 4.74 Å². The minimum absolute atomic E-state index is 0.00138. The molecule has 1 aliphatic carbocycles. The lowest BCUT2D eigenvalue weighted by Gasteiger charge is -2.22. The van der Waals surface area contributed by atoms with Crippen LogP contribution in [-0.4, -0.2) is 37.1 Å². The number of alkyl halides is 7. The molecule has 1 saturated carbocycles. The van der Waals surface area contributed by atoms with E-state index in [0.29, 0.717) is 31.4 Å². The van der Waals surface area contributed by atoms with Gasteiger partial charge in [0, 0.05) is 25.6 Å². The third-order valence-electron chi connectivity index (χ3n) is 5.15. The van der Waals surface area contributed by atoms with Crippen molar-refractivity contribution in [1.82, 2.24) is 0 Å². The Morgan fingerprint density at radius 3 is 2.13 bits per heavy atom. The first-order valence-corrected chi connectivity index (χ1v) is 9.74. The van der Waals surface area contributed by atoms with Gasteiger partial charge in [-0.25, -0.2) is 4.39 Å². The van der Waals surface area contributed by atoms with Gasteiger partial charge in [0.05, 0.1) is 17.7 Å². The summed E-state index contributed by atoms with van der Waals surface area (Å²) in [7, 11) is 0. The fraction of sp³-hybridized carbons (Fsp3) is 0.650. The average Bonchev–Trinajstić information content (AvgIpc) is 3.00. The molecule has 0 saturated heterocycles. The van der Waals surface area contributed by atoms with E-state index < -0.39 is 47.3 Å². The average molecular weight is 460 g/mol. The second-order valence-electron chi connectivity index (χ2n) is 7.50. The molecule has 0 amide bonds. The van der Waals surface area contributed by atoms with Gasteiger partial charge in [0.2, 0.25) is 0 Å². The zero-order valence-electron chi connectivity index (χ0n) is 16.4. The van der Waals surface area contributed by atoms with E-state index >= 15 is 0 Å². The van der Waals surface area contributed by atoms with Crippen LogP contribution in [-0.2, 0) is 21.9 Å². The lowest BCUT2D eigenvalue weighted by molar-refractivity contribution is -0.143. The molecular formula is C20H23F7O4. The SMILES string of the molecule is O=C(O)CCCCOC[C@H]1CCC(F)[C@@H]1COc1cc(C(F)(F)F)cc(C(F)(F)F)c1. The zero-order valence-corrected chi connectivity index (χ0v) is 16.4. The first-order chi connectivity index (χ1) is 14.4. The Morgan fingerprint density at radius 2 is 1.58 bits per heavy atom. The number of halogens is 7. The summed E-state index contributed by atoms with van der Waals surface area (Å²) in [6, 6.07) is 0.929. The van der Waals surface area contributed by atoms with Crippen LogP contribution in [0.4, 0.5) is 30.7 Å². The molecule has 0 spiro atoms. The van der Waals surface area contributed by atoms with Gasteiger partial charge in [0.15, 0.2) is 0 Å². The highest BCUT2D eigenvalue weighted by atomic mass is 19.4. The molecule has 176 valence electrons. The number of unbranched alkanes of at least 4 members (excludes halogenated alkanes) is 1. The molecule has 3 atom stereocenters. The molecule has 1 aromatic carbocycles. The molecule has 1 unspecified atom stereocenters. The number of rotatable bonds is 10. The molecule has 0 bridgehead atoms. The summed E-state index contributed by atoms with van der Waals surface area (Å²) in [5.41, 5.74) is -3.00. The van der Waals surface area contributed by atoms with Gasteiger partial charge in [-0.2, -0.15) is 26.3 Å². The monoisotopic (exact) mass is 460 g/mol. The summed E-state index contributed by atoms with van der Waals surface area (Å²) in [5.74, 6) is -2.59. The predicted octanol–water partition coefficient (Wildman–Crippen LogP) is 5.74. The normalized spacial score (nSPS) is 22.0. The van der Waals surface area contributed by atoms with Crippen molar-refractivity contribution in [2.75, 3.05) is 19.8 Å². The molecule has 2 rings (SSSR count). The molecule has 1 aliphatic rings. The van der Waals surface area contributed by atoms with Gasteiger partial charge in [-0.05, 0) is 49.8 Å². The highest BCUT2D eigenvalue weighted by Gasteiger charge is 2.39. The van der Waals surface area contributed by atoms with Gasteiger partial charge in [-0.1, -0.05) is 0 Å². The van der Waals surface area contributed by atoms with E-state index in [4.69, 9.17) is 14.6 Å². The Morgan fingerprint density at radius 1 is 0.968 bits per heavy atom. The number of ether oxygens (including phenoxy) is 2. The Labute approximate surface area is 174 Å². The van der Waals surface area contributed by atoms with Crippen molar-refractivity contribution in [3.8, 4) is 5.75 Å². The maximum Gasteiger partial charge on any atom is 0.416 e. The topological polar surface area (TPSA) is 55.8 Å². The Bertz CT molecular complexity index is 701. The van der Waals surface area contributed by atoms with E-state index in [-0.39, 0.29) is 44.6 Å². The standard InChI is InChI=1S/C20H23F7O4/c21-17-5-4-12(10-30-6-2-1-3-18(28)29)16(17)11-31-15-8-13(19(22,23)24)7-14(9-15)20(25,26)27/h7-9,12,16-17H,1-6,10-11H2,(H,28,29)/t12-,16-,17?/m1/s1. The molecule has 11 heteroatoms. The van der Waals surface area contributed by atoms with E-state index in [1.165, 1.54) is 0 Å². The summed E-state index contributed by atoms with van der Waals surface area (Å²) < 4.78 is 103. The Kier molecular flexibility index (Phi) is 8.56. The van der Waals surface area contributed by atoms with E-state index in [1.54, 1.807) is 0 Å². The van der Waals surface area contributed by atoms with Crippen LogP contribution in [0.25, 0.3) is 0 Å². The second kappa shape index (κ2) is 10.5. The van der Waals surface area contributed by atoms with Crippen molar-refractivity contribution in [3.63, 3.8) is 0 Å². The third kappa shape index (κ3) is 7.86. The maximum atomic E-state index is 14.2. The van der Waals surface area contributed by atoms with Gasteiger partial charge in [-0.15, -0.1) is 0 Å². The van der Waals surface area contributed by atoms with Gasteiger partial charge in [-0.3, -0.25) is 4.79 Å². The molecule has 0 aliphatic heterocycles. The van der Waals surface area contributed by atoms with Crippen LogP contribution in [0, 0.1) is 11.8 Å². The highest BCUT2D eigenvalue weighted by molar-refractivity contribution is 5.66. The van der Waals surface area contributed by atoms with E-state index in [0.717, 1.165) is 0 Å². The highest BCUT2D eigenvalue weighted by Crippen LogP contribution is 2.39. The fourth-order valence-electron chi connectivity index (χ4n) is 3.46. The van der Waals surface area contributed by atoms with Crippen LogP contribution in [0.15, 0.2) is 18.2 Å². The van der Waals surface area contributed by atoms with E-state index in [9.17, 15) is 35.5 Å². The zero-order chi connectivity index (χ0) is 23.2. The molecule has 1 fully saturated rings. The number of hydrogen-bond donors (Lipinski definition) is 1. The molecule has 0 radical (unpaired) electrons. The first kappa shape index (κ1) is 25.2. The Hall–Kier alpha value is -2.04. The number of carbonyl (C=O) groups is 1. The number of benzene rings is 1. The van der Waals surface area contributed by atoms with Gasteiger partial charge in [0.1, 0.15) is 11.9 Å². The van der Waals surface area contributed by atoms with Crippen LogP contribution >= 0.6 is 0 Å². The summed E-state index contributed by atoms with van der Waals surface area (Å²) in [6.45, 7) is 0.0433. The van der Waals surface area contributed by atoms with Crippen LogP contribution in [0.5, 0.6) is 5.75 Å². The number of carboxylic acids is 1. The maximum absolute atomic E-state index is 14.2. The summed E-state index contributed by atoms with van der Waals surface area (Å²) >= 11 is 0. The van der Waals surface area contributed by atoms with Crippen LogP contribution in [0.3, 0.4) is 0 Å². The van der Waals surface area contributed by atoms with E-state index in [1.807, 2.05) is 0 Å². The van der Waals surface area contributed by atoms with Crippen LogP contribution in [0.2, 0.25) is 0 Å². The molecule has 4 nitrogen and oxygen atoms in total. The smallest absolute Gasteiger partial charge is 0.416 e. The fourth-order valence-corrected chi connectivity index (χ4v) is 3.46. The van der Waals surface area contributed by atoms with Gasteiger partial charge >= 0.3 is 18.3 Å². The number of aliphatic carboxylic acids is 1. The minimum atomic E-state index is -4.99. The number of carboxylic acid groups (broad SMARTS) is 1. The molecule has 31 heavy (non-hydrogen) atoms. The van der Waals surface area contributed by atoms with Crippen molar-refractivity contribution < 1.29 is 50.1 Å². The van der Waals surface area contributed by atoms with Gasteiger partial charge in [0.25, 0.3) is 0 Å². The second-order valence-corrected chi connectivity index (χ2v) is 7.50. The van der Waals surface area contributed by atoms with Crippen molar-refractivity contribution in [1.29, 1.82) is 0 Å². The Balaban J connectivity index is 1.97. The quantitative estimate of drug-likeness (QED) is 0.358. The van der Waals surface area contributed by atoms with Crippen molar-refractivity contribution in [2.24, 2.45) is 11.8 Å². The molecular weight excluding hydrogens is 437 g/mol. The molecule has 0 aromatic heterocycles. The summed E-state index contributed by atoms with van der Waals surface area (Å²) in [4.78, 5) is 10.4. The van der Waals surface area contributed by atoms with Crippen molar-refractivity contribution >= 4 is 5.97 Å². The third-order valence-corrected chi connectivity index (χ3v) is 5.15. The largest absolute Gasteiger partial charge is 0.493 e. The van der Waals surface area contributed by atoms with E-state index in [2.05, 4.69) is 0 Å². The minimum Gasteiger partial charge on any atom is -0.493 e. The van der Waals surface area contributed by atoms with Crippen molar-refractivity contribution in [2.45, 2.75) is 50.6 Å². The molecule has 1 N–H and O–H groups in total. The summed E-state index contributed by atoms with van der Waals surface area (Å²) in [6.07, 6.45) is -9.73. The van der Waals surface area contributed by atoms with Crippen molar-refractivity contribution in [3.05, 3.63) is 29.3 Å². The molecule has 1 aromatic rings.